The Kier molecular flexibility index (Phi) is 4.91. The predicted molar refractivity (Wildman–Crippen MR) is 82.1 cm³/mol. The average Bonchev–Trinajstić information content (AvgIpc) is 2.41. The predicted octanol–water partition coefficient (Wildman–Crippen LogP) is 3.88. The van der Waals surface area contributed by atoms with Crippen LogP contribution in [0.4, 0.5) is 0 Å². The third kappa shape index (κ3) is 3.19. The van der Waals surface area contributed by atoms with Crippen LogP contribution in [0.15, 0.2) is 36.9 Å². The standard InChI is InChI=1S/C15H18ClNO.ClH/c1-2-11-17-15(10-6-5-9-14(15)18)12-7-3-4-8-13(12)16;/h2-4,7-8,17H,1,5-6,9-11H2;1H/i9D2;. The second-order valence-corrected chi connectivity index (χ2v) is 4.82. The Balaban J connectivity index is 0.00000220. The van der Waals surface area contributed by atoms with Gasteiger partial charge in [0, 0.05) is 20.7 Å². The van der Waals surface area contributed by atoms with Crippen molar-refractivity contribution in [3.8, 4) is 0 Å². The number of hydrogen-bond donors (Lipinski definition) is 1. The number of ketones is 1. The van der Waals surface area contributed by atoms with Gasteiger partial charge in [0.15, 0.2) is 5.78 Å². The zero-order chi connectivity index (χ0) is 14.8. The molecule has 0 aliphatic heterocycles. The maximum atomic E-state index is 12.7. The van der Waals surface area contributed by atoms with E-state index in [2.05, 4.69) is 11.9 Å². The summed E-state index contributed by atoms with van der Waals surface area (Å²) >= 11 is 6.24. The quantitative estimate of drug-likeness (QED) is 0.855. The number of carbonyl (C=O) groups excluding carboxylic acids is 1. The van der Waals surface area contributed by atoms with E-state index in [0.717, 1.165) is 0 Å². The summed E-state index contributed by atoms with van der Waals surface area (Å²) in [6.45, 7) is 4.08. The van der Waals surface area contributed by atoms with Crippen molar-refractivity contribution in [1.29, 1.82) is 0 Å². The SMILES string of the molecule is Cl.[2H]C1([2H])CCCC(NCC=C)(c2ccccc2Cl)C1=O. The average molecular weight is 302 g/mol. The molecule has 0 heterocycles. The lowest BCUT2D eigenvalue weighted by atomic mass is 9.75. The molecule has 0 amide bonds. The molecule has 0 bridgehead atoms. The molecule has 1 fully saturated rings. The van der Waals surface area contributed by atoms with Gasteiger partial charge >= 0.3 is 0 Å². The van der Waals surface area contributed by atoms with Gasteiger partial charge in [0.25, 0.3) is 0 Å². The summed E-state index contributed by atoms with van der Waals surface area (Å²) in [5.74, 6) is -0.439. The minimum absolute atomic E-state index is 0. The molecule has 2 nitrogen and oxygen atoms in total. The third-order valence-electron chi connectivity index (χ3n) is 3.28. The first kappa shape index (κ1) is 13.2. The van der Waals surface area contributed by atoms with Gasteiger partial charge in [0.1, 0.15) is 5.54 Å². The summed E-state index contributed by atoms with van der Waals surface area (Å²) in [5.41, 5.74) is -0.411. The van der Waals surface area contributed by atoms with Crippen molar-refractivity contribution in [3.63, 3.8) is 0 Å². The molecule has 1 unspecified atom stereocenters. The molecule has 0 saturated heterocycles. The van der Waals surface area contributed by atoms with Gasteiger partial charge < -0.3 is 0 Å². The van der Waals surface area contributed by atoms with E-state index in [1.165, 1.54) is 0 Å². The van der Waals surface area contributed by atoms with Crippen molar-refractivity contribution in [2.24, 2.45) is 0 Å². The molecule has 0 radical (unpaired) electrons. The largest absolute Gasteiger partial charge is 0.298 e. The van der Waals surface area contributed by atoms with E-state index in [0.29, 0.717) is 30.0 Å². The Hall–Kier alpha value is -0.830. The maximum Gasteiger partial charge on any atom is 0.157 e. The van der Waals surface area contributed by atoms with E-state index in [4.69, 9.17) is 14.3 Å². The van der Waals surface area contributed by atoms with Gasteiger partial charge in [0.05, 0.1) is 0 Å². The van der Waals surface area contributed by atoms with E-state index in [1.54, 1.807) is 24.3 Å². The Morgan fingerprint density at radius 2 is 2.21 bits per heavy atom. The van der Waals surface area contributed by atoms with Gasteiger partial charge in [0.2, 0.25) is 0 Å². The van der Waals surface area contributed by atoms with Gasteiger partial charge in [-0.15, -0.1) is 19.0 Å². The van der Waals surface area contributed by atoms with Gasteiger partial charge in [-0.2, -0.15) is 0 Å². The number of nitrogens with one attached hydrogen (secondary N) is 1. The fourth-order valence-corrected chi connectivity index (χ4v) is 2.69. The minimum Gasteiger partial charge on any atom is -0.298 e. The van der Waals surface area contributed by atoms with Gasteiger partial charge in [-0.25, -0.2) is 0 Å². The van der Waals surface area contributed by atoms with Gasteiger partial charge in [-0.05, 0) is 24.5 Å². The van der Waals surface area contributed by atoms with Crippen molar-refractivity contribution < 1.29 is 7.54 Å². The van der Waals surface area contributed by atoms with Crippen LogP contribution in [-0.4, -0.2) is 12.3 Å². The third-order valence-corrected chi connectivity index (χ3v) is 3.61. The molecule has 1 aliphatic rings. The lowest BCUT2D eigenvalue weighted by molar-refractivity contribution is -0.127. The topological polar surface area (TPSA) is 29.1 Å². The molecule has 1 atom stereocenters. The molecule has 104 valence electrons. The Morgan fingerprint density at radius 1 is 1.47 bits per heavy atom. The van der Waals surface area contributed by atoms with E-state index in [1.807, 2.05) is 6.07 Å². The number of Topliss-reactive ketones (excluding diaryl/α,β-unsaturated/α-hetero) is 1. The molecule has 1 aromatic rings. The summed E-state index contributed by atoms with van der Waals surface area (Å²) in [7, 11) is 0. The van der Waals surface area contributed by atoms with Crippen LogP contribution in [-0.2, 0) is 10.3 Å². The van der Waals surface area contributed by atoms with Gasteiger partial charge in [-0.1, -0.05) is 42.3 Å². The van der Waals surface area contributed by atoms with Crippen molar-refractivity contribution in [2.45, 2.75) is 31.2 Å². The fourth-order valence-electron chi connectivity index (χ4n) is 2.39. The minimum atomic E-state index is -1.83. The highest BCUT2D eigenvalue weighted by molar-refractivity contribution is 6.31. The Morgan fingerprint density at radius 3 is 2.89 bits per heavy atom. The molecule has 19 heavy (non-hydrogen) atoms. The number of rotatable bonds is 4. The van der Waals surface area contributed by atoms with E-state index >= 15 is 0 Å². The lowest BCUT2D eigenvalue weighted by Crippen LogP contribution is -2.51. The van der Waals surface area contributed by atoms with Crippen LogP contribution in [0.25, 0.3) is 0 Å². The van der Waals surface area contributed by atoms with Crippen molar-refractivity contribution in [3.05, 3.63) is 47.5 Å². The maximum absolute atomic E-state index is 12.7. The van der Waals surface area contributed by atoms with Crippen LogP contribution >= 0.6 is 24.0 Å². The van der Waals surface area contributed by atoms with Crippen molar-refractivity contribution in [2.75, 3.05) is 6.54 Å². The van der Waals surface area contributed by atoms with Crippen molar-refractivity contribution in [1.82, 2.24) is 5.32 Å². The second kappa shape index (κ2) is 7.09. The Bertz CT molecular complexity index is 536. The van der Waals surface area contributed by atoms with Crippen LogP contribution < -0.4 is 5.32 Å². The molecule has 2 rings (SSSR count). The van der Waals surface area contributed by atoms with Crippen LogP contribution in [0.1, 0.15) is 33.9 Å². The fraction of sp³-hybridized carbons (Fsp3) is 0.400. The number of benzene rings is 1. The highest BCUT2D eigenvalue weighted by Gasteiger charge is 2.41. The highest BCUT2D eigenvalue weighted by Crippen LogP contribution is 2.37. The molecular formula is C15H19Cl2NO. The lowest BCUT2D eigenvalue weighted by Gasteiger charge is -2.37. The van der Waals surface area contributed by atoms with E-state index in [9.17, 15) is 4.79 Å². The highest BCUT2D eigenvalue weighted by atomic mass is 35.5. The van der Waals surface area contributed by atoms with Crippen LogP contribution in [0, 0.1) is 0 Å². The van der Waals surface area contributed by atoms with E-state index in [-0.39, 0.29) is 18.8 Å². The first-order valence-electron chi connectivity index (χ1n) is 7.10. The smallest absolute Gasteiger partial charge is 0.157 e. The first-order chi connectivity index (χ1) is 9.44. The summed E-state index contributed by atoms with van der Waals surface area (Å²) < 4.78 is 15.9. The number of carbonyl (C=O) groups is 1. The molecule has 1 saturated carbocycles. The molecule has 1 aliphatic carbocycles. The van der Waals surface area contributed by atoms with Crippen molar-refractivity contribution >= 4 is 29.8 Å². The summed E-state index contributed by atoms with van der Waals surface area (Å²) in [6.07, 6.45) is 1.27. The molecule has 0 aromatic heterocycles. The number of hydrogen-bond acceptors (Lipinski definition) is 2. The number of halogens is 2. The molecular weight excluding hydrogens is 281 g/mol. The zero-order valence-corrected chi connectivity index (χ0v) is 12.2. The molecule has 4 heteroatoms. The first-order valence-corrected chi connectivity index (χ1v) is 6.48. The summed E-state index contributed by atoms with van der Waals surface area (Å²) in [6, 6.07) is 7.13. The monoisotopic (exact) mass is 301 g/mol. The normalized spacial score (nSPS) is 26.9. The second-order valence-electron chi connectivity index (χ2n) is 4.41. The van der Waals surface area contributed by atoms with Crippen LogP contribution in [0.3, 0.4) is 0 Å². The zero-order valence-electron chi connectivity index (χ0n) is 12.6. The summed E-state index contributed by atoms with van der Waals surface area (Å²) in [5, 5.41) is 3.64. The molecule has 1 N–H and O–H groups in total. The Labute approximate surface area is 128 Å². The van der Waals surface area contributed by atoms with Crippen LogP contribution in [0.2, 0.25) is 5.02 Å². The van der Waals surface area contributed by atoms with Crippen LogP contribution in [0.5, 0.6) is 0 Å². The van der Waals surface area contributed by atoms with Gasteiger partial charge in [-0.3, -0.25) is 10.1 Å². The summed E-state index contributed by atoms with van der Waals surface area (Å²) in [4.78, 5) is 12.7. The molecule has 1 aromatic carbocycles. The van der Waals surface area contributed by atoms with E-state index < -0.39 is 17.7 Å². The molecule has 0 spiro atoms.